The van der Waals surface area contributed by atoms with Gasteiger partial charge in [-0.05, 0) is 31.0 Å². The SMILES string of the molecule is CCCC(=N)N(C)C(C)c1ccc(Cl)cc1. The Kier molecular flexibility index (Phi) is 4.81. The summed E-state index contributed by atoms with van der Waals surface area (Å²) in [6, 6.07) is 8.04. The van der Waals surface area contributed by atoms with E-state index in [1.54, 1.807) is 0 Å². The summed E-state index contributed by atoms with van der Waals surface area (Å²) in [4.78, 5) is 2.01. The Labute approximate surface area is 103 Å². The molecule has 1 aromatic rings. The lowest BCUT2D eigenvalue weighted by molar-refractivity contribution is 0.391. The van der Waals surface area contributed by atoms with Crippen molar-refractivity contribution in [1.82, 2.24) is 4.90 Å². The zero-order chi connectivity index (χ0) is 12.1. The molecule has 1 N–H and O–H groups in total. The zero-order valence-electron chi connectivity index (χ0n) is 10.1. The molecule has 0 aromatic heterocycles. The maximum atomic E-state index is 7.92. The van der Waals surface area contributed by atoms with Gasteiger partial charge in [-0.2, -0.15) is 0 Å². The van der Waals surface area contributed by atoms with E-state index in [9.17, 15) is 0 Å². The molecule has 0 aliphatic heterocycles. The minimum atomic E-state index is 0.219. The van der Waals surface area contributed by atoms with E-state index < -0.39 is 0 Å². The number of amidine groups is 1. The maximum absolute atomic E-state index is 7.92. The number of nitrogens with one attached hydrogen (secondary N) is 1. The molecule has 3 heteroatoms. The smallest absolute Gasteiger partial charge is 0.0959 e. The topological polar surface area (TPSA) is 27.1 Å². The summed E-state index contributed by atoms with van der Waals surface area (Å²) < 4.78 is 0. The van der Waals surface area contributed by atoms with Crippen LogP contribution in [0.2, 0.25) is 5.02 Å². The molecule has 0 radical (unpaired) electrons. The third-order valence-corrected chi connectivity index (χ3v) is 3.10. The van der Waals surface area contributed by atoms with Gasteiger partial charge < -0.3 is 4.90 Å². The first-order valence-corrected chi connectivity index (χ1v) is 5.99. The standard InChI is InChI=1S/C13H19ClN2/c1-4-5-13(15)16(3)10(2)11-6-8-12(14)9-7-11/h6-10,15H,4-5H2,1-3H3. The molecule has 2 nitrogen and oxygen atoms in total. The highest BCUT2D eigenvalue weighted by Crippen LogP contribution is 2.21. The number of hydrogen-bond acceptors (Lipinski definition) is 1. The van der Waals surface area contributed by atoms with E-state index in [2.05, 4.69) is 13.8 Å². The van der Waals surface area contributed by atoms with Crippen molar-refractivity contribution in [1.29, 1.82) is 5.41 Å². The molecule has 0 bridgehead atoms. The van der Waals surface area contributed by atoms with Gasteiger partial charge in [0.25, 0.3) is 0 Å². The lowest BCUT2D eigenvalue weighted by Gasteiger charge is -2.27. The normalized spacial score (nSPS) is 12.2. The Morgan fingerprint density at radius 2 is 1.94 bits per heavy atom. The predicted octanol–water partition coefficient (Wildman–Crippen LogP) is 4.11. The molecule has 0 saturated carbocycles. The van der Waals surface area contributed by atoms with Gasteiger partial charge in [-0.25, -0.2) is 0 Å². The zero-order valence-corrected chi connectivity index (χ0v) is 10.9. The first kappa shape index (κ1) is 13.0. The van der Waals surface area contributed by atoms with Crippen LogP contribution in [0.3, 0.4) is 0 Å². The average Bonchev–Trinajstić information content (AvgIpc) is 2.28. The average molecular weight is 239 g/mol. The number of hydrogen-bond donors (Lipinski definition) is 1. The van der Waals surface area contributed by atoms with E-state index in [-0.39, 0.29) is 6.04 Å². The maximum Gasteiger partial charge on any atom is 0.0959 e. The van der Waals surface area contributed by atoms with E-state index in [1.165, 1.54) is 5.56 Å². The summed E-state index contributed by atoms with van der Waals surface area (Å²) in [5.41, 5.74) is 1.19. The van der Waals surface area contributed by atoms with Crippen molar-refractivity contribution >= 4 is 17.4 Å². The predicted molar refractivity (Wildman–Crippen MR) is 70.3 cm³/mol. The van der Waals surface area contributed by atoms with Gasteiger partial charge in [0.1, 0.15) is 0 Å². The summed E-state index contributed by atoms with van der Waals surface area (Å²) in [7, 11) is 1.97. The van der Waals surface area contributed by atoms with Crippen LogP contribution in [-0.4, -0.2) is 17.8 Å². The second-order valence-electron chi connectivity index (χ2n) is 4.04. The van der Waals surface area contributed by atoms with Crippen molar-refractivity contribution < 1.29 is 0 Å². The molecule has 0 aliphatic rings. The highest BCUT2D eigenvalue weighted by atomic mass is 35.5. The molecule has 0 saturated heterocycles. The summed E-state index contributed by atoms with van der Waals surface area (Å²) in [6.07, 6.45) is 1.84. The number of benzene rings is 1. The number of halogens is 1. The van der Waals surface area contributed by atoms with Crippen molar-refractivity contribution in [2.45, 2.75) is 32.7 Å². The minimum Gasteiger partial charge on any atom is -0.357 e. The molecule has 0 heterocycles. The van der Waals surface area contributed by atoms with Gasteiger partial charge in [0.2, 0.25) is 0 Å². The molecule has 0 spiro atoms. The Balaban J connectivity index is 2.73. The molecule has 1 aromatic carbocycles. The first-order chi connectivity index (χ1) is 7.56. The minimum absolute atomic E-state index is 0.219. The fraction of sp³-hybridized carbons (Fsp3) is 0.462. The molecule has 0 aliphatic carbocycles. The highest BCUT2D eigenvalue weighted by Gasteiger charge is 2.13. The summed E-state index contributed by atoms with van der Waals surface area (Å²) in [5.74, 6) is 0.685. The van der Waals surface area contributed by atoms with E-state index in [4.69, 9.17) is 17.0 Å². The molecule has 1 rings (SSSR count). The van der Waals surface area contributed by atoms with Crippen LogP contribution >= 0.6 is 11.6 Å². The summed E-state index contributed by atoms with van der Waals surface area (Å²) in [5, 5.41) is 8.67. The molecule has 88 valence electrons. The van der Waals surface area contributed by atoms with Crippen LogP contribution in [0.5, 0.6) is 0 Å². The van der Waals surface area contributed by atoms with Crippen molar-refractivity contribution in [3.05, 3.63) is 34.9 Å². The molecular formula is C13H19ClN2. The number of rotatable bonds is 4. The van der Waals surface area contributed by atoms with E-state index in [0.717, 1.165) is 17.9 Å². The Morgan fingerprint density at radius 1 is 1.38 bits per heavy atom. The fourth-order valence-electron chi connectivity index (χ4n) is 1.61. The van der Waals surface area contributed by atoms with Crippen LogP contribution < -0.4 is 0 Å². The van der Waals surface area contributed by atoms with Gasteiger partial charge in [-0.3, -0.25) is 5.41 Å². The Hall–Kier alpha value is -1.02. The van der Waals surface area contributed by atoms with Crippen molar-refractivity contribution in [3.8, 4) is 0 Å². The lowest BCUT2D eigenvalue weighted by atomic mass is 10.1. The molecule has 0 amide bonds. The first-order valence-electron chi connectivity index (χ1n) is 5.62. The summed E-state index contributed by atoms with van der Waals surface area (Å²) >= 11 is 5.85. The van der Waals surface area contributed by atoms with Crippen LogP contribution in [0, 0.1) is 5.41 Å². The molecule has 16 heavy (non-hydrogen) atoms. The van der Waals surface area contributed by atoms with Gasteiger partial charge in [0.15, 0.2) is 0 Å². The second-order valence-corrected chi connectivity index (χ2v) is 4.47. The van der Waals surface area contributed by atoms with Crippen LogP contribution in [0.1, 0.15) is 38.3 Å². The summed E-state index contributed by atoms with van der Waals surface area (Å²) in [6.45, 7) is 4.20. The molecule has 0 fully saturated rings. The van der Waals surface area contributed by atoms with Crippen LogP contribution in [-0.2, 0) is 0 Å². The monoisotopic (exact) mass is 238 g/mol. The Morgan fingerprint density at radius 3 is 2.44 bits per heavy atom. The Bertz CT molecular complexity index is 345. The third kappa shape index (κ3) is 3.24. The fourth-order valence-corrected chi connectivity index (χ4v) is 1.74. The van der Waals surface area contributed by atoms with Gasteiger partial charge in [-0.15, -0.1) is 0 Å². The van der Waals surface area contributed by atoms with Gasteiger partial charge >= 0.3 is 0 Å². The van der Waals surface area contributed by atoms with Crippen molar-refractivity contribution in [2.24, 2.45) is 0 Å². The van der Waals surface area contributed by atoms with Gasteiger partial charge in [0.05, 0.1) is 11.9 Å². The quantitative estimate of drug-likeness (QED) is 0.620. The molecule has 1 atom stereocenters. The van der Waals surface area contributed by atoms with Gasteiger partial charge in [0, 0.05) is 18.5 Å². The van der Waals surface area contributed by atoms with E-state index in [0.29, 0.717) is 5.84 Å². The highest BCUT2D eigenvalue weighted by molar-refractivity contribution is 6.30. The van der Waals surface area contributed by atoms with Crippen LogP contribution in [0.25, 0.3) is 0 Å². The van der Waals surface area contributed by atoms with E-state index in [1.807, 2.05) is 36.2 Å². The van der Waals surface area contributed by atoms with Crippen LogP contribution in [0.15, 0.2) is 24.3 Å². The van der Waals surface area contributed by atoms with Gasteiger partial charge in [-0.1, -0.05) is 30.7 Å². The molecule has 1 unspecified atom stereocenters. The van der Waals surface area contributed by atoms with Crippen LogP contribution in [0.4, 0.5) is 0 Å². The third-order valence-electron chi connectivity index (χ3n) is 2.85. The largest absolute Gasteiger partial charge is 0.357 e. The lowest BCUT2D eigenvalue weighted by Crippen LogP contribution is -2.28. The second kappa shape index (κ2) is 5.90. The van der Waals surface area contributed by atoms with E-state index >= 15 is 0 Å². The molecular weight excluding hydrogens is 220 g/mol. The van der Waals surface area contributed by atoms with Crippen molar-refractivity contribution in [2.75, 3.05) is 7.05 Å². The van der Waals surface area contributed by atoms with Crippen molar-refractivity contribution in [3.63, 3.8) is 0 Å². The number of nitrogens with zero attached hydrogens (tertiary/aromatic N) is 1.